The molecule has 0 radical (unpaired) electrons. The van der Waals surface area contributed by atoms with Crippen LogP contribution in [0.5, 0.6) is 0 Å². The van der Waals surface area contributed by atoms with Crippen molar-refractivity contribution in [2.24, 2.45) is 0 Å². The van der Waals surface area contributed by atoms with Gasteiger partial charge >= 0.3 is 0 Å². The lowest BCUT2D eigenvalue weighted by Crippen LogP contribution is -2.42. The summed E-state index contributed by atoms with van der Waals surface area (Å²) in [7, 11) is 0. The summed E-state index contributed by atoms with van der Waals surface area (Å²) < 4.78 is 0. The van der Waals surface area contributed by atoms with Crippen molar-refractivity contribution in [1.82, 2.24) is 10.3 Å². The number of nitrogens with zero attached hydrogens (tertiary/aromatic N) is 1. The Kier molecular flexibility index (Phi) is 3.95. The zero-order chi connectivity index (χ0) is 13.7. The van der Waals surface area contributed by atoms with Crippen molar-refractivity contribution in [3.8, 4) is 0 Å². The van der Waals surface area contributed by atoms with Crippen molar-refractivity contribution in [2.75, 3.05) is 0 Å². The van der Waals surface area contributed by atoms with E-state index in [0.717, 1.165) is 11.3 Å². The molecule has 1 aromatic carbocycles. The van der Waals surface area contributed by atoms with Crippen LogP contribution in [0.2, 0.25) is 0 Å². The predicted molar refractivity (Wildman–Crippen MR) is 75.6 cm³/mol. The molecule has 98 valence electrons. The van der Waals surface area contributed by atoms with Gasteiger partial charge in [-0.1, -0.05) is 36.4 Å². The number of carbonyl (C=O) groups is 1. The number of rotatable bonds is 4. The predicted octanol–water partition coefficient (Wildman–Crippen LogP) is 2.68. The van der Waals surface area contributed by atoms with E-state index in [0.29, 0.717) is 6.42 Å². The minimum absolute atomic E-state index is 0.00172. The molecule has 1 amide bonds. The third kappa shape index (κ3) is 3.65. The van der Waals surface area contributed by atoms with E-state index >= 15 is 0 Å². The summed E-state index contributed by atoms with van der Waals surface area (Å²) >= 11 is 0. The Bertz CT molecular complexity index is 535. The Hall–Kier alpha value is -2.16. The topological polar surface area (TPSA) is 42.0 Å². The fourth-order valence-corrected chi connectivity index (χ4v) is 1.97. The van der Waals surface area contributed by atoms with Crippen LogP contribution in [0.4, 0.5) is 0 Å². The van der Waals surface area contributed by atoms with Crippen LogP contribution in [0.3, 0.4) is 0 Å². The maximum atomic E-state index is 12.1. The van der Waals surface area contributed by atoms with Crippen LogP contribution in [0.25, 0.3) is 0 Å². The van der Waals surface area contributed by atoms with E-state index in [1.807, 2.05) is 62.4 Å². The van der Waals surface area contributed by atoms with Crippen molar-refractivity contribution >= 4 is 5.91 Å². The second-order valence-corrected chi connectivity index (χ2v) is 5.05. The normalized spacial score (nSPS) is 11.1. The quantitative estimate of drug-likeness (QED) is 0.911. The number of benzene rings is 1. The van der Waals surface area contributed by atoms with Crippen molar-refractivity contribution < 1.29 is 4.79 Å². The third-order valence-corrected chi connectivity index (χ3v) is 2.96. The molecule has 0 atom stereocenters. The lowest BCUT2D eigenvalue weighted by Gasteiger charge is -2.25. The Morgan fingerprint density at radius 3 is 2.42 bits per heavy atom. The van der Waals surface area contributed by atoms with Gasteiger partial charge in [-0.2, -0.15) is 0 Å². The summed E-state index contributed by atoms with van der Waals surface area (Å²) in [5.74, 6) is 0.00172. The molecule has 0 unspecified atom stereocenters. The van der Waals surface area contributed by atoms with Crippen LogP contribution in [-0.4, -0.2) is 10.9 Å². The van der Waals surface area contributed by atoms with Crippen molar-refractivity contribution in [3.05, 3.63) is 66.0 Å². The molecule has 0 saturated carbocycles. The smallest absolute Gasteiger partial charge is 0.225 e. The molecule has 1 aromatic heterocycles. The van der Waals surface area contributed by atoms with Gasteiger partial charge in [0.2, 0.25) is 5.91 Å². The molecule has 0 bridgehead atoms. The molecule has 0 aliphatic carbocycles. The highest BCUT2D eigenvalue weighted by atomic mass is 16.1. The van der Waals surface area contributed by atoms with Crippen molar-refractivity contribution in [3.63, 3.8) is 0 Å². The van der Waals surface area contributed by atoms with E-state index in [9.17, 15) is 4.79 Å². The highest BCUT2D eigenvalue weighted by molar-refractivity contribution is 5.79. The molecular formula is C16H18N2O. The molecule has 2 rings (SSSR count). The third-order valence-electron chi connectivity index (χ3n) is 2.96. The Morgan fingerprint density at radius 2 is 1.79 bits per heavy atom. The molecule has 0 spiro atoms. The Balaban J connectivity index is 2.02. The van der Waals surface area contributed by atoms with Gasteiger partial charge < -0.3 is 5.32 Å². The van der Waals surface area contributed by atoms with Crippen LogP contribution in [0, 0.1) is 0 Å². The second-order valence-electron chi connectivity index (χ2n) is 5.05. The van der Waals surface area contributed by atoms with Gasteiger partial charge in [-0.25, -0.2) is 0 Å². The van der Waals surface area contributed by atoms with Gasteiger partial charge in [0.15, 0.2) is 0 Å². The van der Waals surface area contributed by atoms with E-state index in [2.05, 4.69) is 10.3 Å². The molecular weight excluding hydrogens is 236 g/mol. The minimum Gasteiger partial charge on any atom is -0.345 e. The number of hydrogen-bond acceptors (Lipinski definition) is 2. The molecule has 2 aromatic rings. The Labute approximate surface area is 113 Å². The number of nitrogens with one attached hydrogen (secondary N) is 1. The summed E-state index contributed by atoms with van der Waals surface area (Å²) in [5.41, 5.74) is 1.40. The molecule has 1 N–H and O–H groups in total. The largest absolute Gasteiger partial charge is 0.345 e. The van der Waals surface area contributed by atoms with Gasteiger partial charge in [0.25, 0.3) is 0 Å². The molecule has 0 aliphatic heterocycles. The summed E-state index contributed by atoms with van der Waals surface area (Å²) in [6.45, 7) is 3.91. The summed E-state index contributed by atoms with van der Waals surface area (Å²) in [6.07, 6.45) is 2.12. The zero-order valence-corrected chi connectivity index (χ0v) is 11.3. The average Bonchev–Trinajstić information content (AvgIpc) is 2.40. The lowest BCUT2D eigenvalue weighted by molar-refractivity contribution is -0.122. The summed E-state index contributed by atoms with van der Waals surface area (Å²) in [5, 5.41) is 3.02. The first-order chi connectivity index (χ1) is 9.08. The van der Waals surface area contributed by atoms with Crippen molar-refractivity contribution in [1.29, 1.82) is 0 Å². The number of hydrogen-bond donors (Lipinski definition) is 1. The van der Waals surface area contributed by atoms with E-state index < -0.39 is 5.54 Å². The number of amides is 1. The Morgan fingerprint density at radius 1 is 1.11 bits per heavy atom. The monoisotopic (exact) mass is 254 g/mol. The number of carbonyl (C=O) groups excluding carboxylic acids is 1. The maximum absolute atomic E-state index is 12.1. The molecule has 0 aliphatic rings. The van der Waals surface area contributed by atoms with Gasteiger partial charge in [0.1, 0.15) is 0 Å². The fourth-order valence-electron chi connectivity index (χ4n) is 1.97. The highest BCUT2D eigenvalue weighted by Crippen LogP contribution is 2.17. The van der Waals surface area contributed by atoms with E-state index in [4.69, 9.17) is 0 Å². The van der Waals surface area contributed by atoms with Gasteiger partial charge in [-0.15, -0.1) is 0 Å². The molecule has 19 heavy (non-hydrogen) atoms. The maximum Gasteiger partial charge on any atom is 0.225 e. The van der Waals surface area contributed by atoms with Crippen molar-refractivity contribution in [2.45, 2.75) is 25.8 Å². The SMILES string of the molecule is CC(C)(NC(=O)Cc1ccccc1)c1ccccn1. The minimum atomic E-state index is -0.465. The zero-order valence-electron chi connectivity index (χ0n) is 11.3. The van der Waals surface area contributed by atoms with Crippen LogP contribution in [0.15, 0.2) is 54.7 Å². The lowest BCUT2D eigenvalue weighted by atomic mass is 9.99. The standard InChI is InChI=1S/C16H18N2O/c1-16(2,14-10-6-7-11-17-14)18-15(19)12-13-8-4-3-5-9-13/h3-11H,12H2,1-2H3,(H,18,19). The first-order valence-corrected chi connectivity index (χ1v) is 6.34. The molecule has 3 heteroatoms. The number of pyridine rings is 1. The first-order valence-electron chi connectivity index (χ1n) is 6.34. The van der Waals surface area contributed by atoms with Gasteiger partial charge in [-0.05, 0) is 31.5 Å². The first kappa shape index (κ1) is 13.3. The van der Waals surface area contributed by atoms with E-state index in [-0.39, 0.29) is 5.91 Å². The summed E-state index contributed by atoms with van der Waals surface area (Å²) in [4.78, 5) is 16.4. The fraction of sp³-hybridized carbons (Fsp3) is 0.250. The van der Waals surface area contributed by atoms with Crippen LogP contribution < -0.4 is 5.32 Å². The molecule has 3 nitrogen and oxygen atoms in total. The molecule has 0 saturated heterocycles. The summed E-state index contributed by atoms with van der Waals surface area (Å²) in [6, 6.07) is 15.4. The average molecular weight is 254 g/mol. The molecule has 0 fully saturated rings. The van der Waals surface area contributed by atoms with E-state index in [1.165, 1.54) is 0 Å². The number of aromatic nitrogens is 1. The van der Waals surface area contributed by atoms with Gasteiger partial charge in [0.05, 0.1) is 17.7 Å². The van der Waals surface area contributed by atoms with Gasteiger partial charge in [-0.3, -0.25) is 9.78 Å². The second kappa shape index (κ2) is 5.65. The molecule has 1 heterocycles. The van der Waals surface area contributed by atoms with Crippen LogP contribution in [-0.2, 0) is 16.8 Å². The van der Waals surface area contributed by atoms with Gasteiger partial charge in [0, 0.05) is 6.20 Å². The van der Waals surface area contributed by atoms with E-state index in [1.54, 1.807) is 6.20 Å². The highest BCUT2D eigenvalue weighted by Gasteiger charge is 2.23. The van der Waals surface area contributed by atoms with Crippen LogP contribution in [0.1, 0.15) is 25.1 Å². The van der Waals surface area contributed by atoms with Crippen LogP contribution >= 0.6 is 0 Å².